The molecule has 2 heterocycles. The molecule has 1 fully saturated rings. The number of hydrogen-bond donors (Lipinski definition) is 1. The molecule has 1 aliphatic rings. The van der Waals surface area contributed by atoms with Crippen LogP contribution in [0.2, 0.25) is 0 Å². The van der Waals surface area contributed by atoms with Crippen LogP contribution in [0.5, 0.6) is 0 Å². The van der Waals surface area contributed by atoms with Crippen molar-refractivity contribution in [2.24, 2.45) is 0 Å². The number of rotatable bonds is 5. The van der Waals surface area contributed by atoms with Crippen molar-refractivity contribution in [1.29, 1.82) is 0 Å². The van der Waals surface area contributed by atoms with Crippen molar-refractivity contribution in [1.82, 2.24) is 20.0 Å². The summed E-state index contributed by atoms with van der Waals surface area (Å²) < 4.78 is 1.91. The third kappa shape index (κ3) is 3.60. The lowest BCUT2D eigenvalue weighted by Crippen LogP contribution is -2.47. The molecule has 1 saturated heterocycles. The minimum atomic E-state index is -0.145. The van der Waals surface area contributed by atoms with Crippen LogP contribution < -0.4 is 5.32 Å². The van der Waals surface area contributed by atoms with Gasteiger partial charge in [-0.3, -0.25) is 14.8 Å². The van der Waals surface area contributed by atoms with E-state index in [1.54, 1.807) is 0 Å². The summed E-state index contributed by atoms with van der Waals surface area (Å²) in [5.74, 6) is 0.222. The fraction of sp³-hybridized carbons (Fsp3) is 0.733. The number of likely N-dealkylation sites (tertiary alicyclic amines) is 1. The van der Waals surface area contributed by atoms with Crippen molar-refractivity contribution < 1.29 is 4.79 Å². The number of carbonyl (C=O) groups is 1. The van der Waals surface area contributed by atoms with Crippen LogP contribution in [0.3, 0.4) is 0 Å². The maximum absolute atomic E-state index is 12.4. The predicted octanol–water partition coefficient (Wildman–Crippen LogP) is 1.95. The molecule has 1 aromatic rings. The quantitative estimate of drug-likeness (QED) is 0.895. The Balaban J connectivity index is 1.89. The summed E-state index contributed by atoms with van der Waals surface area (Å²) in [6.45, 7) is 8.79. The second-order valence-electron chi connectivity index (χ2n) is 5.63. The van der Waals surface area contributed by atoms with Gasteiger partial charge in [-0.15, -0.1) is 0 Å². The van der Waals surface area contributed by atoms with E-state index in [0.29, 0.717) is 0 Å². The first kappa shape index (κ1) is 15.0. The topological polar surface area (TPSA) is 50.2 Å². The van der Waals surface area contributed by atoms with Crippen LogP contribution in [-0.4, -0.2) is 39.7 Å². The lowest BCUT2D eigenvalue weighted by atomic mass is 10.1. The van der Waals surface area contributed by atoms with Gasteiger partial charge in [0.1, 0.15) is 0 Å². The average Bonchev–Trinajstić information content (AvgIpc) is 2.96. The molecule has 2 rings (SSSR count). The summed E-state index contributed by atoms with van der Waals surface area (Å²) >= 11 is 0. The molecule has 0 bridgehead atoms. The highest BCUT2D eigenvalue weighted by atomic mass is 16.2. The standard InChI is InChI=1S/C15H26N4O/c1-4-19-11-14(10-16-19)12(2)17-13(3)15(20)18-8-6-5-7-9-18/h10-13,17H,4-9H2,1-3H3. The minimum Gasteiger partial charge on any atom is -0.341 e. The number of aromatic nitrogens is 2. The summed E-state index contributed by atoms with van der Waals surface area (Å²) in [4.78, 5) is 14.4. The molecule has 2 atom stereocenters. The van der Waals surface area contributed by atoms with Gasteiger partial charge in [0.05, 0.1) is 12.2 Å². The maximum atomic E-state index is 12.4. The molecule has 0 aromatic carbocycles. The Labute approximate surface area is 121 Å². The first-order chi connectivity index (χ1) is 9.61. The zero-order valence-corrected chi connectivity index (χ0v) is 12.8. The molecule has 20 heavy (non-hydrogen) atoms. The number of hydrogen-bond acceptors (Lipinski definition) is 3. The normalized spacial score (nSPS) is 18.9. The third-order valence-electron chi connectivity index (χ3n) is 4.02. The van der Waals surface area contributed by atoms with E-state index in [1.165, 1.54) is 6.42 Å². The van der Waals surface area contributed by atoms with E-state index >= 15 is 0 Å². The van der Waals surface area contributed by atoms with Crippen molar-refractivity contribution in [2.45, 2.75) is 58.7 Å². The lowest BCUT2D eigenvalue weighted by molar-refractivity contribution is -0.134. The Bertz CT molecular complexity index is 437. The molecule has 1 N–H and O–H groups in total. The Morgan fingerprint density at radius 2 is 2.05 bits per heavy atom. The molecule has 2 unspecified atom stereocenters. The molecule has 0 radical (unpaired) electrons. The van der Waals surface area contributed by atoms with E-state index < -0.39 is 0 Å². The van der Waals surface area contributed by atoms with Crippen molar-refractivity contribution >= 4 is 5.91 Å². The van der Waals surface area contributed by atoms with Crippen molar-refractivity contribution in [2.75, 3.05) is 13.1 Å². The van der Waals surface area contributed by atoms with E-state index in [1.807, 2.05) is 28.9 Å². The first-order valence-electron chi connectivity index (χ1n) is 7.69. The molecule has 1 aromatic heterocycles. The average molecular weight is 278 g/mol. The molecule has 112 valence electrons. The van der Waals surface area contributed by atoms with Gasteiger partial charge in [0.15, 0.2) is 0 Å². The summed E-state index contributed by atoms with van der Waals surface area (Å²) in [5, 5.41) is 7.67. The van der Waals surface area contributed by atoms with E-state index in [4.69, 9.17) is 0 Å². The molecule has 0 aliphatic carbocycles. The van der Waals surface area contributed by atoms with Crippen LogP contribution in [0.1, 0.15) is 51.6 Å². The minimum absolute atomic E-state index is 0.138. The summed E-state index contributed by atoms with van der Waals surface area (Å²) in [5.41, 5.74) is 1.13. The molecule has 1 aliphatic heterocycles. The van der Waals surface area contributed by atoms with Gasteiger partial charge in [-0.05, 0) is 40.0 Å². The van der Waals surface area contributed by atoms with E-state index in [-0.39, 0.29) is 18.0 Å². The first-order valence-corrected chi connectivity index (χ1v) is 7.69. The number of nitrogens with zero attached hydrogens (tertiary/aromatic N) is 3. The molecule has 5 nitrogen and oxygen atoms in total. The second-order valence-corrected chi connectivity index (χ2v) is 5.63. The van der Waals surface area contributed by atoms with Gasteiger partial charge in [-0.25, -0.2) is 0 Å². The van der Waals surface area contributed by atoms with Gasteiger partial charge in [0, 0.05) is 37.4 Å². The highest BCUT2D eigenvalue weighted by molar-refractivity contribution is 5.81. The van der Waals surface area contributed by atoms with Gasteiger partial charge in [-0.1, -0.05) is 0 Å². The number of carbonyl (C=O) groups excluding carboxylic acids is 1. The van der Waals surface area contributed by atoms with Crippen molar-refractivity contribution in [3.05, 3.63) is 18.0 Å². The maximum Gasteiger partial charge on any atom is 0.239 e. The zero-order valence-electron chi connectivity index (χ0n) is 12.8. The molecule has 0 saturated carbocycles. The Morgan fingerprint density at radius 1 is 1.35 bits per heavy atom. The third-order valence-corrected chi connectivity index (χ3v) is 4.02. The smallest absolute Gasteiger partial charge is 0.239 e. The Morgan fingerprint density at radius 3 is 2.65 bits per heavy atom. The predicted molar refractivity (Wildman–Crippen MR) is 79.3 cm³/mol. The SMILES string of the molecule is CCn1cc(C(C)NC(C)C(=O)N2CCCCC2)cn1. The Kier molecular flexibility index (Phi) is 5.17. The fourth-order valence-electron chi connectivity index (χ4n) is 2.71. The van der Waals surface area contributed by atoms with Gasteiger partial charge >= 0.3 is 0 Å². The number of piperidine rings is 1. The van der Waals surface area contributed by atoms with Crippen LogP contribution in [0, 0.1) is 0 Å². The molecular formula is C15H26N4O. The van der Waals surface area contributed by atoms with E-state index in [0.717, 1.165) is 38.0 Å². The van der Waals surface area contributed by atoms with Crippen LogP contribution in [0.25, 0.3) is 0 Å². The Hall–Kier alpha value is -1.36. The monoisotopic (exact) mass is 278 g/mol. The van der Waals surface area contributed by atoms with Crippen LogP contribution in [-0.2, 0) is 11.3 Å². The molecular weight excluding hydrogens is 252 g/mol. The van der Waals surface area contributed by atoms with E-state index in [2.05, 4.69) is 24.3 Å². The van der Waals surface area contributed by atoms with Crippen molar-refractivity contribution in [3.8, 4) is 0 Å². The molecule has 1 amide bonds. The van der Waals surface area contributed by atoms with Crippen LogP contribution in [0.15, 0.2) is 12.4 Å². The molecule has 5 heteroatoms. The highest BCUT2D eigenvalue weighted by Crippen LogP contribution is 2.14. The van der Waals surface area contributed by atoms with Crippen LogP contribution in [0.4, 0.5) is 0 Å². The highest BCUT2D eigenvalue weighted by Gasteiger charge is 2.23. The lowest BCUT2D eigenvalue weighted by Gasteiger charge is -2.30. The van der Waals surface area contributed by atoms with Gasteiger partial charge in [0.2, 0.25) is 5.91 Å². The van der Waals surface area contributed by atoms with Gasteiger partial charge in [0.25, 0.3) is 0 Å². The summed E-state index contributed by atoms with van der Waals surface area (Å²) in [6.07, 6.45) is 7.43. The second kappa shape index (κ2) is 6.88. The summed E-state index contributed by atoms with van der Waals surface area (Å²) in [6, 6.07) is -0.00730. The largest absolute Gasteiger partial charge is 0.341 e. The number of amides is 1. The summed E-state index contributed by atoms with van der Waals surface area (Å²) in [7, 11) is 0. The van der Waals surface area contributed by atoms with Crippen molar-refractivity contribution in [3.63, 3.8) is 0 Å². The zero-order chi connectivity index (χ0) is 14.5. The number of nitrogens with one attached hydrogen (secondary N) is 1. The molecule has 0 spiro atoms. The number of aryl methyl sites for hydroxylation is 1. The van der Waals surface area contributed by atoms with Gasteiger partial charge < -0.3 is 4.90 Å². The van der Waals surface area contributed by atoms with Gasteiger partial charge in [-0.2, -0.15) is 5.10 Å². The van der Waals surface area contributed by atoms with Crippen LogP contribution >= 0.6 is 0 Å². The van der Waals surface area contributed by atoms with E-state index in [9.17, 15) is 4.79 Å². The fourth-order valence-corrected chi connectivity index (χ4v) is 2.71.